The lowest BCUT2D eigenvalue weighted by Crippen LogP contribution is -2.43. The van der Waals surface area contributed by atoms with Crippen LogP contribution in [0.2, 0.25) is 0 Å². The summed E-state index contributed by atoms with van der Waals surface area (Å²) in [5.74, 6) is 1.86. The molecule has 4 atom stereocenters. The summed E-state index contributed by atoms with van der Waals surface area (Å²) in [6.45, 7) is 7.88. The Bertz CT molecular complexity index is 1360. The zero-order valence-electron chi connectivity index (χ0n) is 19.8. The van der Waals surface area contributed by atoms with Gasteiger partial charge in [0.15, 0.2) is 5.58 Å². The van der Waals surface area contributed by atoms with Gasteiger partial charge in [-0.05, 0) is 60.9 Å². The topological polar surface area (TPSA) is 58.4 Å². The number of para-hydroxylation sites is 2. The highest BCUT2D eigenvalue weighted by atomic mass is 16.4. The van der Waals surface area contributed by atoms with E-state index in [4.69, 9.17) is 4.42 Å². The number of oxazole rings is 1. The number of amides is 1. The molecule has 0 bridgehead atoms. The molecule has 1 amide bonds. The van der Waals surface area contributed by atoms with E-state index in [1.807, 2.05) is 37.3 Å². The molecule has 1 saturated heterocycles. The van der Waals surface area contributed by atoms with Crippen LogP contribution in [-0.4, -0.2) is 34.9 Å². The molecule has 1 aliphatic heterocycles. The van der Waals surface area contributed by atoms with E-state index in [1.54, 1.807) is 0 Å². The van der Waals surface area contributed by atoms with Gasteiger partial charge in [0.05, 0.1) is 6.04 Å². The number of nitrogens with zero attached hydrogens (tertiary/aromatic N) is 2. The summed E-state index contributed by atoms with van der Waals surface area (Å²) in [7, 11) is 0. The van der Waals surface area contributed by atoms with Gasteiger partial charge in [0.2, 0.25) is 0 Å². The van der Waals surface area contributed by atoms with E-state index in [2.05, 4.69) is 65.4 Å². The molecule has 6 rings (SSSR count). The number of carbonyl (C=O) groups excluding carboxylic acids is 1. The summed E-state index contributed by atoms with van der Waals surface area (Å²) < 4.78 is 5.86. The fourth-order valence-electron chi connectivity index (χ4n) is 5.75. The van der Waals surface area contributed by atoms with Crippen LogP contribution < -0.4 is 5.32 Å². The number of piperidine rings is 1. The Hall–Kier alpha value is -3.60. The highest BCUT2D eigenvalue weighted by molar-refractivity contribution is 6.01. The predicted octanol–water partition coefficient (Wildman–Crippen LogP) is 5.93. The van der Waals surface area contributed by atoms with Crippen LogP contribution in [0, 0.1) is 31.6 Å². The van der Waals surface area contributed by atoms with Crippen molar-refractivity contribution in [2.75, 3.05) is 18.4 Å². The van der Waals surface area contributed by atoms with Gasteiger partial charge in [0, 0.05) is 18.7 Å². The van der Waals surface area contributed by atoms with Gasteiger partial charge in [-0.3, -0.25) is 4.79 Å². The minimum Gasteiger partial charge on any atom is -0.424 e. The molecule has 3 unspecified atom stereocenters. The Balaban J connectivity index is 1.29. The van der Waals surface area contributed by atoms with Gasteiger partial charge in [-0.2, -0.15) is 4.98 Å². The number of aryl methyl sites for hydroxylation is 2. The Morgan fingerprint density at radius 3 is 2.71 bits per heavy atom. The second-order valence-electron chi connectivity index (χ2n) is 9.91. The van der Waals surface area contributed by atoms with E-state index in [1.165, 1.54) is 5.56 Å². The average Bonchev–Trinajstić information content (AvgIpc) is 3.16. The number of carbonyl (C=O) groups is 1. The van der Waals surface area contributed by atoms with Gasteiger partial charge in [-0.25, -0.2) is 0 Å². The van der Waals surface area contributed by atoms with E-state index in [0.717, 1.165) is 39.9 Å². The van der Waals surface area contributed by atoms with Crippen LogP contribution in [0.4, 0.5) is 6.01 Å². The Labute approximate surface area is 199 Å². The fraction of sp³-hybridized carbons (Fsp3) is 0.310. The van der Waals surface area contributed by atoms with Gasteiger partial charge in [0.25, 0.3) is 11.9 Å². The van der Waals surface area contributed by atoms with Crippen molar-refractivity contribution in [1.82, 2.24) is 9.88 Å². The third-order valence-corrected chi connectivity index (χ3v) is 7.64. The molecule has 2 aliphatic rings. The minimum atomic E-state index is 0.115. The summed E-state index contributed by atoms with van der Waals surface area (Å²) >= 11 is 0. The first-order valence-electron chi connectivity index (χ1n) is 12.1. The second kappa shape index (κ2) is 8.01. The normalized spacial score (nSPS) is 23.2. The molecule has 0 spiro atoms. The maximum atomic E-state index is 14.0. The molecule has 4 aromatic rings. The Morgan fingerprint density at radius 1 is 1.06 bits per heavy atom. The molecule has 1 aliphatic carbocycles. The van der Waals surface area contributed by atoms with E-state index >= 15 is 0 Å². The lowest BCUT2D eigenvalue weighted by Gasteiger charge is -2.29. The van der Waals surface area contributed by atoms with Crippen LogP contribution in [0.1, 0.15) is 28.4 Å². The SMILES string of the molecule is Cc1cccc(-c2ccc(C)cc2C(=O)N2CC3C(C)C3[C@H]2CNc2nc3ccccc3o2)c1. The number of aromatic nitrogens is 1. The smallest absolute Gasteiger partial charge is 0.295 e. The van der Waals surface area contributed by atoms with Crippen LogP contribution in [0.5, 0.6) is 0 Å². The first-order valence-corrected chi connectivity index (χ1v) is 12.1. The van der Waals surface area contributed by atoms with Crippen molar-refractivity contribution in [2.24, 2.45) is 17.8 Å². The van der Waals surface area contributed by atoms with Crippen molar-refractivity contribution in [3.05, 3.63) is 83.4 Å². The van der Waals surface area contributed by atoms with E-state index < -0.39 is 0 Å². The van der Waals surface area contributed by atoms with Crippen LogP contribution in [0.25, 0.3) is 22.2 Å². The van der Waals surface area contributed by atoms with Crippen LogP contribution in [-0.2, 0) is 0 Å². The summed E-state index contributed by atoms with van der Waals surface area (Å²) in [4.78, 5) is 20.6. The molecule has 5 heteroatoms. The molecular formula is C29H29N3O2. The lowest BCUT2D eigenvalue weighted by atomic mass is 9.95. The predicted molar refractivity (Wildman–Crippen MR) is 135 cm³/mol. The maximum absolute atomic E-state index is 14.0. The summed E-state index contributed by atoms with van der Waals surface area (Å²) in [6, 6.07) is 23.0. The number of rotatable bonds is 5. The first kappa shape index (κ1) is 21.0. The van der Waals surface area contributed by atoms with Crippen molar-refractivity contribution in [3.8, 4) is 11.1 Å². The zero-order chi connectivity index (χ0) is 23.4. The number of hydrogen-bond donors (Lipinski definition) is 1. The summed E-state index contributed by atoms with van der Waals surface area (Å²) in [5, 5.41) is 3.38. The van der Waals surface area contributed by atoms with E-state index in [9.17, 15) is 4.79 Å². The highest BCUT2D eigenvalue weighted by Crippen LogP contribution is 2.55. The molecule has 1 N–H and O–H groups in total. The molecule has 0 radical (unpaired) electrons. The molecular weight excluding hydrogens is 422 g/mol. The summed E-state index contributed by atoms with van der Waals surface area (Å²) in [5.41, 5.74) is 6.76. The standard InChI is InChI=1S/C29H29N3O2/c1-17-7-6-8-20(13-17)21-12-11-18(2)14-22(21)28(33)32-16-23-19(3)27(23)25(32)15-30-29-31-24-9-4-5-10-26(24)34-29/h4-14,19,23,25,27H,15-16H2,1-3H3,(H,30,31)/t19?,23?,25-,27?/m1/s1. The van der Waals surface area contributed by atoms with Gasteiger partial charge < -0.3 is 14.6 Å². The van der Waals surface area contributed by atoms with Gasteiger partial charge in [0.1, 0.15) is 5.52 Å². The van der Waals surface area contributed by atoms with Crippen molar-refractivity contribution < 1.29 is 9.21 Å². The maximum Gasteiger partial charge on any atom is 0.295 e. The second-order valence-corrected chi connectivity index (χ2v) is 9.91. The van der Waals surface area contributed by atoms with Crippen molar-refractivity contribution >= 4 is 23.0 Å². The molecule has 1 saturated carbocycles. The van der Waals surface area contributed by atoms with Gasteiger partial charge >= 0.3 is 0 Å². The molecule has 34 heavy (non-hydrogen) atoms. The monoisotopic (exact) mass is 451 g/mol. The molecule has 1 aromatic heterocycles. The van der Waals surface area contributed by atoms with Gasteiger partial charge in [-0.15, -0.1) is 0 Å². The molecule has 2 heterocycles. The minimum absolute atomic E-state index is 0.115. The molecule has 3 aromatic carbocycles. The highest BCUT2D eigenvalue weighted by Gasteiger charge is 2.59. The van der Waals surface area contributed by atoms with Crippen molar-refractivity contribution in [1.29, 1.82) is 0 Å². The Kier molecular flexibility index (Phi) is 4.94. The molecule has 172 valence electrons. The molecule has 2 fully saturated rings. The average molecular weight is 452 g/mol. The molecule has 5 nitrogen and oxygen atoms in total. The van der Waals surface area contributed by atoms with Crippen molar-refractivity contribution in [2.45, 2.75) is 26.8 Å². The number of fused-ring (bicyclic) bond motifs is 2. The number of likely N-dealkylation sites (tertiary alicyclic amines) is 1. The van der Waals surface area contributed by atoms with Crippen LogP contribution >= 0.6 is 0 Å². The quantitative estimate of drug-likeness (QED) is 0.409. The number of hydrogen-bond acceptors (Lipinski definition) is 4. The fourth-order valence-corrected chi connectivity index (χ4v) is 5.75. The zero-order valence-corrected chi connectivity index (χ0v) is 19.8. The first-order chi connectivity index (χ1) is 16.5. The van der Waals surface area contributed by atoms with E-state index in [0.29, 0.717) is 30.3 Å². The third kappa shape index (κ3) is 3.56. The third-order valence-electron chi connectivity index (χ3n) is 7.64. The number of nitrogens with one attached hydrogen (secondary N) is 1. The Morgan fingerprint density at radius 2 is 1.88 bits per heavy atom. The van der Waals surface area contributed by atoms with Gasteiger partial charge in [-0.1, -0.05) is 66.6 Å². The van der Waals surface area contributed by atoms with Crippen molar-refractivity contribution in [3.63, 3.8) is 0 Å². The lowest BCUT2D eigenvalue weighted by molar-refractivity contribution is 0.0705. The number of anilines is 1. The largest absolute Gasteiger partial charge is 0.424 e. The van der Waals surface area contributed by atoms with Crippen LogP contribution in [0.15, 0.2) is 71.1 Å². The summed E-state index contributed by atoms with van der Waals surface area (Å²) in [6.07, 6.45) is 0. The van der Waals surface area contributed by atoms with Crippen LogP contribution in [0.3, 0.4) is 0 Å². The number of benzene rings is 3. The van der Waals surface area contributed by atoms with E-state index in [-0.39, 0.29) is 11.9 Å².